The van der Waals surface area contributed by atoms with Crippen molar-refractivity contribution in [3.8, 4) is 0 Å². The summed E-state index contributed by atoms with van der Waals surface area (Å²) in [7, 11) is 0. The van der Waals surface area contributed by atoms with Gasteiger partial charge in [0.15, 0.2) is 11.0 Å². The number of hydrogen-bond donors (Lipinski definition) is 1. The van der Waals surface area contributed by atoms with E-state index in [-0.39, 0.29) is 25.0 Å². The minimum absolute atomic E-state index is 0.0706. The first kappa shape index (κ1) is 16.2. The SMILES string of the molecule is CCOC(=O)C(C(=O)OCC)c1nc(N)nc(SC)n1. The molecule has 0 amide bonds. The second kappa shape index (κ2) is 7.63. The van der Waals surface area contributed by atoms with E-state index in [1.807, 2.05) is 0 Å². The predicted molar refractivity (Wildman–Crippen MR) is 72.0 cm³/mol. The quantitative estimate of drug-likeness (QED) is 0.452. The molecule has 2 N–H and O–H groups in total. The number of carbonyl (C=O) groups is 2. The molecule has 9 heteroatoms. The minimum Gasteiger partial charge on any atom is -0.465 e. The molecule has 0 aromatic carbocycles. The van der Waals surface area contributed by atoms with Crippen LogP contribution in [0.4, 0.5) is 5.95 Å². The molecule has 1 aromatic rings. The van der Waals surface area contributed by atoms with E-state index >= 15 is 0 Å². The van der Waals surface area contributed by atoms with E-state index in [0.717, 1.165) is 0 Å². The fourth-order valence-corrected chi connectivity index (χ4v) is 1.74. The van der Waals surface area contributed by atoms with Gasteiger partial charge in [-0.3, -0.25) is 9.59 Å². The van der Waals surface area contributed by atoms with Crippen molar-refractivity contribution in [1.82, 2.24) is 15.0 Å². The lowest BCUT2D eigenvalue weighted by Crippen LogP contribution is -2.28. The average molecular weight is 300 g/mol. The van der Waals surface area contributed by atoms with Gasteiger partial charge in [-0.25, -0.2) is 4.98 Å². The van der Waals surface area contributed by atoms with Gasteiger partial charge in [0, 0.05) is 0 Å². The van der Waals surface area contributed by atoms with Crippen LogP contribution >= 0.6 is 11.8 Å². The van der Waals surface area contributed by atoms with Gasteiger partial charge in [-0.05, 0) is 20.1 Å². The third kappa shape index (κ3) is 4.05. The predicted octanol–water partition coefficient (Wildman–Crippen LogP) is 0.385. The molecule has 1 heterocycles. The Balaban J connectivity index is 3.18. The third-order valence-corrected chi connectivity index (χ3v) is 2.68. The Morgan fingerprint density at radius 3 is 2.15 bits per heavy atom. The van der Waals surface area contributed by atoms with Gasteiger partial charge >= 0.3 is 11.9 Å². The van der Waals surface area contributed by atoms with Crippen LogP contribution in [-0.2, 0) is 19.1 Å². The molecular formula is C11H16N4O4S. The number of hydrogen-bond acceptors (Lipinski definition) is 9. The van der Waals surface area contributed by atoms with E-state index in [4.69, 9.17) is 15.2 Å². The van der Waals surface area contributed by atoms with Gasteiger partial charge in [0.25, 0.3) is 0 Å². The highest BCUT2D eigenvalue weighted by Crippen LogP contribution is 2.19. The van der Waals surface area contributed by atoms with E-state index in [1.165, 1.54) is 11.8 Å². The van der Waals surface area contributed by atoms with Crippen molar-refractivity contribution in [3.05, 3.63) is 5.82 Å². The first-order chi connectivity index (χ1) is 9.53. The number of rotatable bonds is 6. The fourth-order valence-electron chi connectivity index (χ4n) is 1.37. The fraction of sp³-hybridized carbons (Fsp3) is 0.545. The molecule has 0 saturated heterocycles. The molecule has 0 aliphatic carbocycles. The maximum absolute atomic E-state index is 11.9. The van der Waals surface area contributed by atoms with Crippen LogP contribution in [0, 0.1) is 0 Å². The van der Waals surface area contributed by atoms with Crippen molar-refractivity contribution in [2.45, 2.75) is 24.9 Å². The average Bonchev–Trinajstić information content (AvgIpc) is 2.38. The van der Waals surface area contributed by atoms with Gasteiger partial charge < -0.3 is 15.2 Å². The monoisotopic (exact) mass is 300 g/mol. The maximum Gasteiger partial charge on any atom is 0.328 e. The van der Waals surface area contributed by atoms with Crippen LogP contribution in [0.25, 0.3) is 0 Å². The third-order valence-electron chi connectivity index (χ3n) is 2.13. The van der Waals surface area contributed by atoms with Crippen LogP contribution in [0.5, 0.6) is 0 Å². The first-order valence-electron chi connectivity index (χ1n) is 5.92. The number of esters is 2. The number of nitrogens with two attached hydrogens (primary N) is 1. The molecule has 0 bridgehead atoms. The molecule has 0 spiro atoms. The Kier molecular flexibility index (Phi) is 6.16. The lowest BCUT2D eigenvalue weighted by molar-refractivity contribution is -0.157. The molecular weight excluding hydrogens is 284 g/mol. The van der Waals surface area contributed by atoms with E-state index in [0.29, 0.717) is 5.16 Å². The van der Waals surface area contributed by atoms with Crippen LogP contribution in [0.15, 0.2) is 5.16 Å². The van der Waals surface area contributed by atoms with Crippen LogP contribution in [-0.4, -0.2) is 46.4 Å². The Labute approximate surface area is 120 Å². The summed E-state index contributed by atoms with van der Waals surface area (Å²) in [4.78, 5) is 35.5. The summed E-state index contributed by atoms with van der Waals surface area (Å²) in [5.74, 6) is -3.05. The van der Waals surface area contributed by atoms with Crippen LogP contribution in [0.2, 0.25) is 0 Å². The highest BCUT2D eigenvalue weighted by molar-refractivity contribution is 7.98. The van der Waals surface area contributed by atoms with Crippen LogP contribution in [0.1, 0.15) is 25.6 Å². The van der Waals surface area contributed by atoms with Crippen molar-refractivity contribution < 1.29 is 19.1 Å². The molecule has 0 unspecified atom stereocenters. The van der Waals surface area contributed by atoms with Gasteiger partial charge in [0.2, 0.25) is 11.9 Å². The lowest BCUT2D eigenvalue weighted by atomic mass is 10.1. The van der Waals surface area contributed by atoms with E-state index < -0.39 is 17.9 Å². The molecule has 20 heavy (non-hydrogen) atoms. The number of thioether (sulfide) groups is 1. The smallest absolute Gasteiger partial charge is 0.328 e. The number of carbonyl (C=O) groups excluding carboxylic acids is 2. The van der Waals surface area contributed by atoms with Gasteiger partial charge in [0.1, 0.15) is 0 Å². The zero-order chi connectivity index (χ0) is 15.1. The second-order valence-electron chi connectivity index (χ2n) is 3.48. The number of anilines is 1. The van der Waals surface area contributed by atoms with Crippen molar-refractivity contribution in [1.29, 1.82) is 0 Å². The number of ether oxygens (including phenoxy) is 2. The molecule has 0 aliphatic heterocycles. The Morgan fingerprint density at radius 1 is 1.15 bits per heavy atom. The highest BCUT2D eigenvalue weighted by Gasteiger charge is 2.35. The molecule has 8 nitrogen and oxygen atoms in total. The maximum atomic E-state index is 11.9. The van der Waals surface area contributed by atoms with Crippen LogP contribution in [0.3, 0.4) is 0 Å². The Bertz CT molecular complexity index is 479. The summed E-state index contributed by atoms with van der Waals surface area (Å²) in [5, 5.41) is 0.311. The normalized spacial score (nSPS) is 10.4. The molecule has 110 valence electrons. The number of nitrogen functional groups attached to an aromatic ring is 1. The van der Waals surface area contributed by atoms with Crippen molar-refractivity contribution in [2.75, 3.05) is 25.2 Å². The van der Waals surface area contributed by atoms with Gasteiger partial charge in [-0.2, -0.15) is 9.97 Å². The molecule has 0 fully saturated rings. The van der Waals surface area contributed by atoms with Crippen LogP contribution < -0.4 is 5.73 Å². The topological polar surface area (TPSA) is 117 Å². The Morgan fingerprint density at radius 2 is 1.70 bits per heavy atom. The molecule has 0 saturated carbocycles. The van der Waals surface area contributed by atoms with E-state index in [9.17, 15) is 9.59 Å². The first-order valence-corrected chi connectivity index (χ1v) is 7.14. The Hall–Kier alpha value is -1.90. The molecule has 0 aliphatic rings. The van der Waals surface area contributed by atoms with Gasteiger partial charge in [-0.15, -0.1) is 0 Å². The number of nitrogens with zero attached hydrogens (tertiary/aromatic N) is 3. The van der Waals surface area contributed by atoms with E-state index in [1.54, 1.807) is 20.1 Å². The van der Waals surface area contributed by atoms with Gasteiger partial charge in [-0.1, -0.05) is 11.8 Å². The summed E-state index contributed by atoms with van der Waals surface area (Å²) < 4.78 is 9.70. The zero-order valence-electron chi connectivity index (χ0n) is 11.5. The van der Waals surface area contributed by atoms with Crippen molar-refractivity contribution >= 4 is 29.6 Å². The zero-order valence-corrected chi connectivity index (χ0v) is 12.3. The summed E-state index contributed by atoms with van der Waals surface area (Å²) in [6.07, 6.45) is 1.74. The summed E-state index contributed by atoms with van der Waals surface area (Å²) in [6, 6.07) is 0. The molecule has 0 atom stereocenters. The van der Waals surface area contributed by atoms with E-state index in [2.05, 4.69) is 15.0 Å². The highest BCUT2D eigenvalue weighted by atomic mass is 32.2. The molecule has 0 radical (unpaired) electrons. The van der Waals surface area contributed by atoms with Crippen molar-refractivity contribution in [3.63, 3.8) is 0 Å². The minimum atomic E-state index is -1.36. The van der Waals surface area contributed by atoms with Crippen molar-refractivity contribution in [2.24, 2.45) is 0 Å². The summed E-state index contributed by atoms with van der Waals surface area (Å²) in [6.45, 7) is 3.53. The summed E-state index contributed by atoms with van der Waals surface area (Å²) >= 11 is 1.22. The number of aromatic nitrogens is 3. The molecule has 1 aromatic heterocycles. The molecule has 1 rings (SSSR count). The summed E-state index contributed by atoms with van der Waals surface area (Å²) in [5.41, 5.74) is 5.54. The largest absolute Gasteiger partial charge is 0.465 e. The second-order valence-corrected chi connectivity index (χ2v) is 4.25. The lowest BCUT2D eigenvalue weighted by Gasteiger charge is -2.13. The standard InChI is InChI=1S/C11H16N4O4S/c1-4-18-8(16)6(9(17)19-5-2)7-13-10(12)15-11(14-7)20-3/h6H,4-5H2,1-3H3,(H2,12,13,14,15). The van der Waals surface area contributed by atoms with Gasteiger partial charge in [0.05, 0.1) is 13.2 Å².